The van der Waals surface area contributed by atoms with Gasteiger partial charge < -0.3 is 24.5 Å². The number of hydrogen-bond donors (Lipinski definition) is 3. The summed E-state index contributed by atoms with van der Waals surface area (Å²) in [7, 11) is 1.27. The third-order valence-electron chi connectivity index (χ3n) is 13.4. The summed E-state index contributed by atoms with van der Waals surface area (Å²) in [6.07, 6.45) is 17.6. The van der Waals surface area contributed by atoms with Crippen LogP contribution in [0.5, 0.6) is 0 Å². The molecule has 3 N–H and O–H groups in total. The Hall–Kier alpha value is -6.03. The van der Waals surface area contributed by atoms with E-state index in [1.807, 2.05) is 51.1 Å². The number of esters is 2. The fraction of sp³-hybridized carbons (Fsp3) is 0.436. The SMILES string of the molecule is C/C=C1/c2cc3[nH]c4c(c3C)C(=O)C(C(=O)OC)=c4c3nc(cc4[nH]c(cc(n2)[C@@H]1C)c(=C(C)O)c4C)[C@@H](C)[C@@H]3CCC(=O)OC/C=C(\C)CC/C=C(\C)CC/C=C(\C)CCC=C(C)C. The Morgan fingerprint density at radius 2 is 1.40 bits per heavy atom. The highest BCUT2D eigenvalue weighted by Gasteiger charge is 2.38. The van der Waals surface area contributed by atoms with E-state index in [2.05, 4.69) is 76.7 Å². The van der Waals surface area contributed by atoms with Crippen LogP contribution in [0.4, 0.5) is 0 Å². The number of aryl methyl sites for hydroxylation is 2. The molecule has 3 atom stereocenters. The Morgan fingerprint density at radius 3 is 2.02 bits per heavy atom. The van der Waals surface area contributed by atoms with E-state index < -0.39 is 11.8 Å². The number of rotatable bonds is 15. The quantitative estimate of drug-likeness (QED) is 0.101. The number of H-pyrrole nitrogens is 2. The average Bonchev–Trinajstić information content (AvgIpc) is 4.00. The molecule has 0 spiro atoms. The molecule has 0 unspecified atom stereocenters. The fourth-order valence-corrected chi connectivity index (χ4v) is 9.46. The molecule has 0 amide bonds. The van der Waals surface area contributed by atoms with E-state index in [9.17, 15) is 19.5 Å². The molecule has 65 heavy (non-hydrogen) atoms. The number of ether oxygens (including phenoxy) is 2. The summed E-state index contributed by atoms with van der Waals surface area (Å²) in [5.74, 6) is -1.96. The number of hydrogen-bond acceptors (Lipinski definition) is 8. The van der Waals surface area contributed by atoms with E-state index in [0.29, 0.717) is 50.4 Å². The Labute approximate surface area is 384 Å². The molecule has 8 bridgehead atoms. The van der Waals surface area contributed by atoms with E-state index in [-0.39, 0.29) is 48.1 Å². The minimum atomic E-state index is -0.746. The summed E-state index contributed by atoms with van der Waals surface area (Å²) in [4.78, 5) is 58.7. The molecule has 10 nitrogen and oxygen atoms in total. The van der Waals surface area contributed by atoms with Crippen LogP contribution >= 0.6 is 0 Å². The van der Waals surface area contributed by atoms with Crippen LogP contribution in [0.2, 0.25) is 0 Å². The number of aromatic nitrogens is 4. The molecule has 344 valence electrons. The first kappa shape index (κ1) is 48.4. The van der Waals surface area contributed by atoms with E-state index in [1.165, 1.54) is 23.8 Å². The lowest BCUT2D eigenvalue weighted by molar-refractivity contribution is -0.142. The molecule has 0 saturated heterocycles. The second-order valence-electron chi connectivity index (χ2n) is 18.4. The average molecular weight is 881 g/mol. The highest BCUT2D eigenvalue weighted by atomic mass is 16.5. The molecule has 0 aromatic carbocycles. The van der Waals surface area contributed by atoms with Gasteiger partial charge in [0.25, 0.3) is 0 Å². The lowest BCUT2D eigenvalue weighted by Crippen LogP contribution is -2.22. The van der Waals surface area contributed by atoms with Crippen LogP contribution in [-0.4, -0.2) is 56.5 Å². The summed E-state index contributed by atoms with van der Waals surface area (Å²) in [6.45, 7) is 22.6. The fourth-order valence-electron chi connectivity index (χ4n) is 9.46. The van der Waals surface area contributed by atoms with Gasteiger partial charge in [-0.15, -0.1) is 0 Å². The van der Waals surface area contributed by atoms with Crippen molar-refractivity contribution < 1.29 is 29.0 Å². The van der Waals surface area contributed by atoms with Crippen molar-refractivity contribution in [1.82, 2.24) is 19.9 Å². The van der Waals surface area contributed by atoms with Crippen molar-refractivity contribution in [2.75, 3.05) is 13.7 Å². The zero-order valence-corrected chi connectivity index (χ0v) is 40.6. The van der Waals surface area contributed by atoms with Crippen molar-refractivity contribution in [3.8, 4) is 0 Å². The molecular weight excluding hydrogens is 813 g/mol. The predicted octanol–water partition coefficient (Wildman–Crippen LogP) is 11.7. The second-order valence-corrected chi connectivity index (χ2v) is 18.4. The second kappa shape index (κ2) is 20.9. The number of aliphatic hydroxyl groups is 1. The van der Waals surface area contributed by atoms with E-state index in [4.69, 9.17) is 19.4 Å². The minimum absolute atomic E-state index is 0.0367. The minimum Gasteiger partial charge on any atom is -0.512 e. The number of fused-ring (bicyclic) bond motifs is 8. The van der Waals surface area contributed by atoms with Crippen molar-refractivity contribution in [3.63, 3.8) is 0 Å². The Balaban J connectivity index is 1.30. The third kappa shape index (κ3) is 10.6. The van der Waals surface area contributed by atoms with Crippen LogP contribution < -0.4 is 10.4 Å². The highest BCUT2D eigenvalue weighted by molar-refractivity contribution is 6.48. The predicted molar refractivity (Wildman–Crippen MR) is 263 cm³/mol. The van der Waals surface area contributed by atoms with Crippen molar-refractivity contribution in [2.24, 2.45) is 0 Å². The molecule has 3 aromatic heterocycles. The van der Waals surface area contributed by atoms with Gasteiger partial charge in [-0.05, 0) is 148 Å². The van der Waals surface area contributed by atoms with Gasteiger partial charge in [-0.3, -0.25) is 19.6 Å². The molecule has 6 rings (SSSR count). The largest absolute Gasteiger partial charge is 0.512 e. The molecule has 0 radical (unpaired) electrons. The van der Waals surface area contributed by atoms with Gasteiger partial charge in [-0.1, -0.05) is 60.4 Å². The molecule has 10 heteroatoms. The zero-order chi connectivity index (χ0) is 47.3. The first-order chi connectivity index (χ1) is 30.9. The number of nitrogens with one attached hydrogen (secondary N) is 2. The van der Waals surface area contributed by atoms with Crippen LogP contribution in [0, 0.1) is 13.8 Å². The monoisotopic (exact) mass is 881 g/mol. The number of carbonyl (C=O) groups excluding carboxylic acids is 3. The van der Waals surface area contributed by atoms with Crippen molar-refractivity contribution in [2.45, 2.75) is 145 Å². The van der Waals surface area contributed by atoms with Crippen LogP contribution in [0.25, 0.3) is 39.0 Å². The van der Waals surface area contributed by atoms with Crippen LogP contribution in [0.3, 0.4) is 0 Å². The standard InChI is InChI=1S/C55H68N4O6/c1-13-39-34(7)41-29-46-48(38(11)60)36(9)43(57-46)27-42-35(8)40(52(58-42)50-51(55(63)64-12)54(62)49-37(10)44(59-53(49)50)28-45(39)56-41)23-24-47(61)65-26-25-33(6)22-16-21-32(5)20-15-19-31(4)18-14-17-30(2)3/h13,17,19,21,25,27-29,34-35,40,57,59-60H,14-16,18,20,22-24,26H2,1-12H3/b31-19+,32-21+,33-25+,39-13+,42-27?,45-28?,46-29?,48-38?/t34-,35+,40+/m1/s1. The van der Waals surface area contributed by atoms with E-state index in [1.54, 1.807) is 6.92 Å². The highest BCUT2D eigenvalue weighted by Crippen LogP contribution is 2.41. The first-order valence-corrected chi connectivity index (χ1v) is 23.2. The number of nitrogens with zero attached hydrogens (tertiary/aromatic N) is 2. The van der Waals surface area contributed by atoms with Crippen molar-refractivity contribution >= 4 is 56.7 Å². The molecular formula is C55H68N4O6. The number of aromatic amines is 2. The maximum absolute atomic E-state index is 14.4. The Bertz CT molecular complexity index is 2850. The number of aliphatic hydroxyl groups excluding tert-OH is 1. The van der Waals surface area contributed by atoms with Crippen LogP contribution in [0.1, 0.15) is 176 Å². The molecule has 1 aliphatic carbocycles. The van der Waals surface area contributed by atoms with Gasteiger partial charge in [0.2, 0.25) is 5.78 Å². The molecule has 2 aliphatic heterocycles. The number of ketones is 1. The zero-order valence-electron chi connectivity index (χ0n) is 40.6. The van der Waals surface area contributed by atoms with Gasteiger partial charge in [0, 0.05) is 51.3 Å². The topological polar surface area (TPSA) is 147 Å². The number of carbonyl (C=O) groups is 3. The van der Waals surface area contributed by atoms with Gasteiger partial charge in [0.05, 0.1) is 46.5 Å². The molecule has 0 saturated carbocycles. The van der Waals surface area contributed by atoms with Gasteiger partial charge in [0.15, 0.2) is 0 Å². The van der Waals surface area contributed by atoms with E-state index >= 15 is 0 Å². The van der Waals surface area contributed by atoms with Crippen molar-refractivity contribution in [3.05, 3.63) is 121 Å². The smallest absolute Gasteiger partial charge is 0.342 e. The van der Waals surface area contributed by atoms with Gasteiger partial charge in [-0.25, -0.2) is 4.79 Å². The molecule has 3 aliphatic rings. The molecule has 5 heterocycles. The summed E-state index contributed by atoms with van der Waals surface area (Å²) in [5, 5.41) is 12.0. The van der Waals surface area contributed by atoms with E-state index in [0.717, 1.165) is 77.7 Å². The first-order valence-electron chi connectivity index (χ1n) is 23.2. The Morgan fingerprint density at radius 1 is 0.785 bits per heavy atom. The van der Waals surface area contributed by atoms with Crippen LogP contribution in [-0.2, 0) is 19.1 Å². The Kier molecular flexibility index (Phi) is 15.5. The summed E-state index contributed by atoms with van der Waals surface area (Å²) in [6, 6.07) is 5.91. The number of allylic oxidation sites excluding steroid dienone is 9. The maximum Gasteiger partial charge on any atom is 0.342 e. The molecule has 3 aromatic rings. The third-order valence-corrected chi connectivity index (χ3v) is 13.4. The van der Waals surface area contributed by atoms with Gasteiger partial charge in [0.1, 0.15) is 12.2 Å². The number of methoxy groups -OCH3 is 1. The van der Waals surface area contributed by atoms with Gasteiger partial charge in [-0.2, -0.15) is 0 Å². The maximum atomic E-state index is 14.4. The number of Topliss-reactive ketones (excluding diaryl/α,β-unsaturated/α-hetero) is 1. The lowest BCUT2D eigenvalue weighted by atomic mass is 9.86. The summed E-state index contributed by atoms with van der Waals surface area (Å²) < 4.78 is 11.0. The summed E-state index contributed by atoms with van der Waals surface area (Å²) in [5.41, 5.74) is 13.7. The van der Waals surface area contributed by atoms with Crippen LogP contribution in [0.15, 0.2) is 70.9 Å². The molecule has 0 fully saturated rings. The summed E-state index contributed by atoms with van der Waals surface area (Å²) >= 11 is 0. The normalized spacial score (nSPS) is 18.7. The lowest BCUT2D eigenvalue weighted by Gasteiger charge is -2.16. The van der Waals surface area contributed by atoms with Gasteiger partial charge >= 0.3 is 11.9 Å². The van der Waals surface area contributed by atoms with Crippen molar-refractivity contribution in [1.29, 1.82) is 0 Å².